The molecule has 1 aliphatic rings. The quantitative estimate of drug-likeness (QED) is 0.804. The van der Waals surface area contributed by atoms with Crippen LogP contribution >= 0.6 is 0 Å². The number of nitrogens with one attached hydrogen (secondary N) is 1. The van der Waals surface area contributed by atoms with Gasteiger partial charge in [0, 0.05) is 0 Å². The first kappa shape index (κ1) is 15.2. The predicted molar refractivity (Wildman–Crippen MR) is 70.8 cm³/mol. The second-order valence-electron chi connectivity index (χ2n) is 4.23. The molecular formula is C14H19NO4. The monoisotopic (exact) mass is 265 g/mol. The summed E-state index contributed by atoms with van der Waals surface area (Å²) in [7, 11) is 1.39. The van der Waals surface area contributed by atoms with Crippen LogP contribution in [0, 0.1) is 0 Å². The summed E-state index contributed by atoms with van der Waals surface area (Å²) in [6.45, 7) is 0.858. The molecule has 19 heavy (non-hydrogen) atoms. The zero-order valence-corrected chi connectivity index (χ0v) is 11.0. The van der Waals surface area contributed by atoms with Crippen molar-refractivity contribution in [2.45, 2.75) is 25.3 Å². The smallest absolute Gasteiger partial charge is 0.320 e. The number of aliphatic carboxylic acids is 1. The van der Waals surface area contributed by atoms with Crippen molar-refractivity contribution in [3.8, 4) is 0 Å². The van der Waals surface area contributed by atoms with Crippen LogP contribution in [0.2, 0.25) is 0 Å². The van der Waals surface area contributed by atoms with Gasteiger partial charge in [0.1, 0.15) is 6.04 Å². The second-order valence-corrected chi connectivity index (χ2v) is 4.23. The third kappa shape index (κ3) is 6.01. The SMILES string of the molecule is COC(=O)Cc1ccccc1.O=C(O)C1CCCN1. The summed E-state index contributed by atoms with van der Waals surface area (Å²) in [4.78, 5) is 20.9. The van der Waals surface area contributed by atoms with Gasteiger partial charge in [0.25, 0.3) is 0 Å². The van der Waals surface area contributed by atoms with Gasteiger partial charge in [0.15, 0.2) is 0 Å². The maximum Gasteiger partial charge on any atom is 0.320 e. The number of hydrogen-bond acceptors (Lipinski definition) is 4. The highest BCUT2D eigenvalue weighted by Crippen LogP contribution is 2.03. The molecule has 0 radical (unpaired) electrons. The summed E-state index contributed by atoms with van der Waals surface area (Å²) in [5.41, 5.74) is 0.986. The Labute approximate surface area is 112 Å². The molecule has 5 heteroatoms. The molecule has 2 rings (SSSR count). The number of rotatable bonds is 3. The van der Waals surface area contributed by atoms with Gasteiger partial charge in [-0.2, -0.15) is 0 Å². The first-order valence-electron chi connectivity index (χ1n) is 6.20. The van der Waals surface area contributed by atoms with E-state index in [1.54, 1.807) is 0 Å². The zero-order valence-electron chi connectivity index (χ0n) is 11.0. The molecular weight excluding hydrogens is 246 g/mol. The lowest BCUT2D eigenvalue weighted by Crippen LogP contribution is -2.29. The van der Waals surface area contributed by atoms with Gasteiger partial charge in [0.2, 0.25) is 0 Å². The summed E-state index contributed by atoms with van der Waals surface area (Å²) >= 11 is 0. The molecule has 104 valence electrons. The molecule has 1 fully saturated rings. The Morgan fingerprint density at radius 1 is 1.37 bits per heavy atom. The number of hydrogen-bond donors (Lipinski definition) is 2. The number of carbonyl (C=O) groups excluding carboxylic acids is 1. The molecule has 1 aliphatic heterocycles. The highest BCUT2D eigenvalue weighted by Gasteiger charge is 2.20. The maximum atomic E-state index is 10.8. The van der Waals surface area contributed by atoms with Crippen LogP contribution in [0.1, 0.15) is 18.4 Å². The van der Waals surface area contributed by atoms with Crippen LogP contribution in [-0.4, -0.2) is 36.7 Å². The number of methoxy groups -OCH3 is 1. The van der Waals surface area contributed by atoms with E-state index in [1.807, 2.05) is 30.3 Å². The molecule has 5 nitrogen and oxygen atoms in total. The van der Waals surface area contributed by atoms with Gasteiger partial charge < -0.3 is 15.2 Å². The molecule has 1 aromatic rings. The van der Waals surface area contributed by atoms with Crippen molar-refractivity contribution in [1.29, 1.82) is 0 Å². The Hall–Kier alpha value is -1.88. The van der Waals surface area contributed by atoms with Crippen LogP contribution in [0.3, 0.4) is 0 Å². The first-order valence-corrected chi connectivity index (χ1v) is 6.20. The molecule has 0 spiro atoms. The molecule has 0 aliphatic carbocycles. The van der Waals surface area contributed by atoms with Crippen molar-refractivity contribution < 1.29 is 19.4 Å². The number of benzene rings is 1. The van der Waals surface area contributed by atoms with Gasteiger partial charge in [-0.25, -0.2) is 0 Å². The molecule has 0 amide bonds. The van der Waals surface area contributed by atoms with Crippen molar-refractivity contribution in [2.75, 3.05) is 13.7 Å². The van der Waals surface area contributed by atoms with Gasteiger partial charge in [-0.15, -0.1) is 0 Å². The molecule has 1 heterocycles. The number of ether oxygens (including phenoxy) is 1. The van der Waals surface area contributed by atoms with Gasteiger partial charge >= 0.3 is 11.9 Å². The van der Waals surface area contributed by atoms with Gasteiger partial charge in [-0.1, -0.05) is 30.3 Å². The van der Waals surface area contributed by atoms with E-state index < -0.39 is 5.97 Å². The van der Waals surface area contributed by atoms with Crippen molar-refractivity contribution in [2.24, 2.45) is 0 Å². The Kier molecular flexibility index (Phi) is 6.60. The van der Waals surface area contributed by atoms with Crippen molar-refractivity contribution in [1.82, 2.24) is 5.32 Å². The number of carboxylic acid groups (broad SMARTS) is 1. The van der Waals surface area contributed by atoms with E-state index in [-0.39, 0.29) is 12.0 Å². The summed E-state index contributed by atoms with van der Waals surface area (Å²) < 4.78 is 4.52. The fraction of sp³-hybridized carbons (Fsp3) is 0.429. The van der Waals surface area contributed by atoms with Gasteiger partial charge in [0.05, 0.1) is 13.5 Å². The fourth-order valence-electron chi connectivity index (χ4n) is 1.73. The topological polar surface area (TPSA) is 75.6 Å². The van der Waals surface area contributed by atoms with E-state index in [0.29, 0.717) is 6.42 Å². The fourth-order valence-corrected chi connectivity index (χ4v) is 1.73. The minimum absolute atomic E-state index is 0.198. The molecule has 1 aromatic carbocycles. The Morgan fingerprint density at radius 2 is 2.05 bits per heavy atom. The Morgan fingerprint density at radius 3 is 2.47 bits per heavy atom. The minimum atomic E-state index is -0.720. The lowest BCUT2D eigenvalue weighted by Gasteiger charge is -1.99. The molecule has 0 bridgehead atoms. The average Bonchev–Trinajstić information content (AvgIpc) is 2.94. The van der Waals surface area contributed by atoms with Gasteiger partial charge in [-0.05, 0) is 24.9 Å². The predicted octanol–water partition coefficient (Wildman–Crippen LogP) is 1.23. The summed E-state index contributed by atoms with van der Waals surface area (Å²) in [5, 5.41) is 11.2. The lowest BCUT2D eigenvalue weighted by atomic mass is 10.2. The van der Waals surface area contributed by atoms with Crippen LogP contribution in [0.25, 0.3) is 0 Å². The standard InChI is InChI=1S/C9H10O2.C5H9NO2/c1-11-9(10)7-8-5-3-2-4-6-8;7-5(8)4-2-1-3-6-4/h2-6H,7H2,1H3;4,6H,1-3H2,(H,7,8). The van der Waals surface area contributed by atoms with Crippen molar-refractivity contribution in [3.05, 3.63) is 35.9 Å². The van der Waals surface area contributed by atoms with E-state index in [4.69, 9.17) is 5.11 Å². The molecule has 1 saturated heterocycles. The van der Waals surface area contributed by atoms with E-state index in [2.05, 4.69) is 10.1 Å². The zero-order chi connectivity index (χ0) is 14.1. The maximum absolute atomic E-state index is 10.8. The Balaban J connectivity index is 0.000000200. The molecule has 0 saturated carbocycles. The molecule has 1 atom stereocenters. The first-order chi connectivity index (χ1) is 9.13. The Bertz CT molecular complexity index is 399. The number of carbonyl (C=O) groups is 2. The highest BCUT2D eigenvalue weighted by atomic mass is 16.5. The third-order valence-corrected chi connectivity index (χ3v) is 2.78. The van der Waals surface area contributed by atoms with Crippen LogP contribution < -0.4 is 5.32 Å². The van der Waals surface area contributed by atoms with Crippen molar-refractivity contribution >= 4 is 11.9 Å². The summed E-state index contributed by atoms with van der Waals surface area (Å²) in [5.74, 6) is -0.918. The highest BCUT2D eigenvalue weighted by molar-refractivity contribution is 5.73. The third-order valence-electron chi connectivity index (χ3n) is 2.78. The van der Waals surface area contributed by atoms with E-state index in [0.717, 1.165) is 24.9 Å². The van der Waals surface area contributed by atoms with E-state index in [9.17, 15) is 9.59 Å². The van der Waals surface area contributed by atoms with E-state index in [1.165, 1.54) is 7.11 Å². The number of carboxylic acids is 1. The average molecular weight is 265 g/mol. The van der Waals surface area contributed by atoms with Crippen LogP contribution in [0.5, 0.6) is 0 Å². The van der Waals surface area contributed by atoms with Crippen molar-refractivity contribution in [3.63, 3.8) is 0 Å². The molecule has 2 N–H and O–H groups in total. The minimum Gasteiger partial charge on any atom is -0.480 e. The largest absolute Gasteiger partial charge is 0.480 e. The normalized spacial score (nSPS) is 17.2. The van der Waals surface area contributed by atoms with Crippen LogP contribution in [-0.2, 0) is 20.7 Å². The molecule has 1 unspecified atom stereocenters. The van der Waals surface area contributed by atoms with Crippen LogP contribution in [0.4, 0.5) is 0 Å². The second kappa shape index (κ2) is 8.26. The number of esters is 1. The lowest BCUT2D eigenvalue weighted by molar-refractivity contribution is -0.140. The van der Waals surface area contributed by atoms with E-state index >= 15 is 0 Å². The summed E-state index contributed by atoms with van der Waals surface area (Å²) in [6.07, 6.45) is 2.14. The van der Waals surface area contributed by atoms with Gasteiger partial charge in [-0.3, -0.25) is 9.59 Å². The summed E-state index contributed by atoms with van der Waals surface area (Å²) in [6, 6.07) is 9.25. The molecule has 0 aromatic heterocycles. The van der Waals surface area contributed by atoms with Crippen LogP contribution in [0.15, 0.2) is 30.3 Å².